The Morgan fingerprint density at radius 2 is 1.70 bits per heavy atom. The fourth-order valence-electron chi connectivity index (χ4n) is 1.98. The predicted octanol–water partition coefficient (Wildman–Crippen LogP) is 5.26. The molecule has 1 N–H and O–H groups in total. The van der Waals surface area contributed by atoms with Crippen LogP contribution in [0.3, 0.4) is 0 Å². The number of carbonyl (C=O) groups is 1. The average Bonchev–Trinajstić information content (AvgIpc) is 2.51. The SMILES string of the molecule is Cc1ccc(/C(=N/OC(=O)Nc2ccc(Cl)cc2)C(C)C)cc1. The molecule has 23 heavy (non-hydrogen) atoms. The predicted molar refractivity (Wildman–Crippen MR) is 94.1 cm³/mol. The van der Waals surface area contributed by atoms with Gasteiger partial charge in [0.1, 0.15) is 0 Å². The van der Waals surface area contributed by atoms with E-state index in [0.29, 0.717) is 10.7 Å². The lowest BCUT2D eigenvalue weighted by atomic mass is 9.99. The summed E-state index contributed by atoms with van der Waals surface area (Å²) in [5.41, 5.74) is 3.41. The van der Waals surface area contributed by atoms with Gasteiger partial charge in [-0.25, -0.2) is 4.79 Å². The minimum atomic E-state index is -0.641. The molecule has 0 spiro atoms. The maximum Gasteiger partial charge on any atom is 0.437 e. The van der Waals surface area contributed by atoms with Gasteiger partial charge in [-0.1, -0.05) is 60.4 Å². The van der Waals surface area contributed by atoms with Crippen LogP contribution in [0.5, 0.6) is 0 Å². The van der Waals surface area contributed by atoms with Gasteiger partial charge in [-0.05, 0) is 42.7 Å². The Kier molecular flexibility index (Phi) is 5.77. The first-order chi connectivity index (χ1) is 11.0. The second-order valence-corrected chi connectivity index (χ2v) is 5.94. The molecule has 2 aromatic carbocycles. The summed E-state index contributed by atoms with van der Waals surface area (Å²) >= 11 is 5.80. The van der Waals surface area contributed by atoms with Gasteiger partial charge in [0.05, 0.1) is 5.71 Å². The molecule has 0 aromatic heterocycles. The maximum absolute atomic E-state index is 11.8. The highest BCUT2D eigenvalue weighted by atomic mass is 35.5. The van der Waals surface area contributed by atoms with Crippen LogP contribution in [0.15, 0.2) is 53.7 Å². The number of halogens is 1. The van der Waals surface area contributed by atoms with E-state index >= 15 is 0 Å². The van der Waals surface area contributed by atoms with Crippen molar-refractivity contribution in [3.05, 3.63) is 64.7 Å². The van der Waals surface area contributed by atoms with Crippen molar-refractivity contribution in [3.63, 3.8) is 0 Å². The summed E-state index contributed by atoms with van der Waals surface area (Å²) in [7, 11) is 0. The van der Waals surface area contributed by atoms with Gasteiger partial charge in [-0.3, -0.25) is 10.2 Å². The fourth-order valence-corrected chi connectivity index (χ4v) is 2.11. The van der Waals surface area contributed by atoms with Gasteiger partial charge >= 0.3 is 6.09 Å². The molecule has 1 amide bonds. The molecule has 0 saturated heterocycles. The molecule has 0 saturated carbocycles. The molecule has 0 bridgehead atoms. The average molecular weight is 331 g/mol. The number of carbonyl (C=O) groups excluding carboxylic acids is 1. The zero-order valence-electron chi connectivity index (χ0n) is 13.3. The lowest BCUT2D eigenvalue weighted by Crippen LogP contribution is -2.15. The molecule has 5 heteroatoms. The summed E-state index contributed by atoms with van der Waals surface area (Å²) in [5, 5.41) is 7.21. The summed E-state index contributed by atoms with van der Waals surface area (Å²) in [6, 6.07) is 14.7. The number of hydrogen-bond acceptors (Lipinski definition) is 3. The molecular formula is C18H19ClN2O2. The first-order valence-corrected chi connectivity index (χ1v) is 7.72. The van der Waals surface area contributed by atoms with Crippen molar-refractivity contribution in [2.24, 2.45) is 11.1 Å². The third-order valence-electron chi connectivity index (χ3n) is 3.21. The highest BCUT2D eigenvalue weighted by Gasteiger charge is 2.11. The van der Waals surface area contributed by atoms with Crippen molar-refractivity contribution in [1.29, 1.82) is 0 Å². The van der Waals surface area contributed by atoms with E-state index in [9.17, 15) is 4.79 Å². The Balaban J connectivity index is 2.06. The number of nitrogens with zero attached hydrogens (tertiary/aromatic N) is 1. The largest absolute Gasteiger partial charge is 0.437 e. The highest BCUT2D eigenvalue weighted by Crippen LogP contribution is 2.14. The van der Waals surface area contributed by atoms with Crippen LogP contribution in [0.1, 0.15) is 25.0 Å². The zero-order valence-corrected chi connectivity index (χ0v) is 14.1. The van der Waals surface area contributed by atoms with Crippen LogP contribution in [0.2, 0.25) is 5.02 Å². The van der Waals surface area contributed by atoms with Gasteiger partial charge in [-0.15, -0.1) is 0 Å². The molecule has 0 aliphatic heterocycles. The second kappa shape index (κ2) is 7.79. The summed E-state index contributed by atoms with van der Waals surface area (Å²) in [5.74, 6) is 0.126. The molecule has 0 heterocycles. The number of benzene rings is 2. The van der Waals surface area contributed by atoms with E-state index < -0.39 is 6.09 Å². The van der Waals surface area contributed by atoms with Gasteiger partial charge in [0, 0.05) is 10.7 Å². The van der Waals surface area contributed by atoms with Crippen LogP contribution in [0, 0.1) is 12.8 Å². The van der Waals surface area contributed by atoms with Crippen molar-refractivity contribution in [2.75, 3.05) is 5.32 Å². The molecule has 4 nitrogen and oxygen atoms in total. The maximum atomic E-state index is 11.8. The van der Waals surface area contributed by atoms with Crippen LogP contribution in [-0.2, 0) is 4.84 Å². The summed E-state index contributed by atoms with van der Waals surface area (Å²) < 4.78 is 0. The monoisotopic (exact) mass is 330 g/mol. The first kappa shape index (κ1) is 17.0. The number of nitrogens with one attached hydrogen (secondary N) is 1. The molecule has 0 aliphatic rings. The minimum absolute atomic E-state index is 0.126. The molecule has 0 atom stereocenters. The van der Waals surface area contributed by atoms with Crippen molar-refractivity contribution < 1.29 is 9.63 Å². The van der Waals surface area contributed by atoms with Crippen LogP contribution >= 0.6 is 11.6 Å². The fraction of sp³-hybridized carbons (Fsp3) is 0.222. The topological polar surface area (TPSA) is 50.7 Å². The number of aryl methyl sites for hydroxylation is 1. The first-order valence-electron chi connectivity index (χ1n) is 7.34. The number of hydrogen-bond donors (Lipinski definition) is 1. The smallest absolute Gasteiger partial charge is 0.297 e. The van der Waals surface area contributed by atoms with Gasteiger partial charge in [-0.2, -0.15) is 0 Å². The Labute approximate surface area is 141 Å². The lowest BCUT2D eigenvalue weighted by Gasteiger charge is -2.10. The Bertz CT molecular complexity index is 692. The van der Waals surface area contributed by atoms with E-state index in [1.165, 1.54) is 5.56 Å². The van der Waals surface area contributed by atoms with Gasteiger partial charge < -0.3 is 0 Å². The van der Waals surface area contributed by atoms with Crippen LogP contribution in [0.4, 0.5) is 10.5 Å². The van der Waals surface area contributed by atoms with E-state index in [1.807, 2.05) is 45.0 Å². The van der Waals surface area contributed by atoms with Gasteiger partial charge in [0.2, 0.25) is 0 Å². The quantitative estimate of drug-likeness (QED) is 0.472. The molecule has 0 aliphatic carbocycles. The molecular weight excluding hydrogens is 312 g/mol. The summed E-state index contributed by atoms with van der Waals surface area (Å²) in [4.78, 5) is 16.8. The van der Waals surface area contributed by atoms with Crippen molar-refractivity contribution in [1.82, 2.24) is 0 Å². The Morgan fingerprint density at radius 1 is 1.09 bits per heavy atom. The van der Waals surface area contributed by atoms with Crippen LogP contribution in [0.25, 0.3) is 0 Å². The molecule has 120 valence electrons. The number of anilines is 1. The Hall–Kier alpha value is -2.33. The van der Waals surface area contributed by atoms with Gasteiger partial charge in [0.25, 0.3) is 0 Å². The standard InChI is InChI=1S/C18H19ClN2O2/c1-12(2)17(14-6-4-13(3)5-7-14)21-23-18(22)20-16-10-8-15(19)9-11-16/h4-12H,1-3H3,(H,20,22)/b21-17+. The van der Waals surface area contributed by atoms with Crippen molar-refractivity contribution in [2.45, 2.75) is 20.8 Å². The van der Waals surface area contributed by atoms with E-state index in [0.717, 1.165) is 11.3 Å². The molecule has 0 unspecified atom stereocenters. The summed E-state index contributed by atoms with van der Waals surface area (Å²) in [6.45, 7) is 6.02. The minimum Gasteiger partial charge on any atom is -0.297 e. The van der Waals surface area contributed by atoms with E-state index in [2.05, 4.69) is 10.5 Å². The summed E-state index contributed by atoms with van der Waals surface area (Å²) in [6.07, 6.45) is -0.641. The van der Waals surface area contributed by atoms with Crippen LogP contribution < -0.4 is 5.32 Å². The molecule has 0 radical (unpaired) electrons. The number of rotatable bonds is 4. The van der Waals surface area contributed by atoms with E-state index in [1.54, 1.807) is 24.3 Å². The van der Waals surface area contributed by atoms with E-state index in [4.69, 9.17) is 16.4 Å². The third kappa shape index (κ3) is 5.11. The van der Waals surface area contributed by atoms with Crippen LogP contribution in [-0.4, -0.2) is 11.8 Å². The van der Waals surface area contributed by atoms with Gasteiger partial charge in [0.15, 0.2) is 0 Å². The number of amides is 1. The van der Waals surface area contributed by atoms with Crippen molar-refractivity contribution >= 4 is 29.1 Å². The molecule has 2 aromatic rings. The molecule has 0 fully saturated rings. The third-order valence-corrected chi connectivity index (χ3v) is 3.46. The van der Waals surface area contributed by atoms with Crippen molar-refractivity contribution in [3.8, 4) is 0 Å². The normalized spacial score (nSPS) is 11.4. The second-order valence-electron chi connectivity index (χ2n) is 5.51. The lowest BCUT2D eigenvalue weighted by molar-refractivity contribution is 0.166. The van der Waals surface area contributed by atoms with E-state index in [-0.39, 0.29) is 5.92 Å². The Morgan fingerprint density at radius 3 is 2.26 bits per heavy atom. The molecule has 2 rings (SSSR count). The highest BCUT2D eigenvalue weighted by molar-refractivity contribution is 6.30. The number of oxime groups is 1. The zero-order chi connectivity index (χ0) is 16.8.